The van der Waals surface area contributed by atoms with Gasteiger partial charge in [0.2, 0.25) is 5.91 Å². The van der Waals surface area contributed by atoms with Crippen LogP contribution in [0.4, 0.5) is 5.00 Å². The normalized spacial score (nSPS) is 25.5. The lowest BCUT2D eigenvalue weighted by molar-refractivity contribution is -0.118. The fraction of sp³-hybridized carbons (Fsp3) is 0.625. The van der Waals surface area contributed by atoms with Crippen molar-refractivity contribution in [2.45, 2.75) is 32.1 Å². The second-order valence-electron chi connectivity index (χ2n) is 6.40. The summed E-state index contributed by atoms with van der Waals surface area (Å²) in [4.78, 5) is 25.7. The van der Waals surface area contributed by atoms with Crippen molar-refractivity contribution in [2.75, 3.05) is 25.0 Å². The summed E-state index contributed by atoms with van der Waals surface area (Å²) in [6.07, 6.45) is 6.58. The Hall–Kier alpha value is -1.40. The number of anilines is 1. The predicted molar refractivity (Wildman–Crippen MR) is 88.0 cm³/mol. The van der Waals surface area contributed by atoms with Gasteiger partial charge in [-0.1, -0.05) is 19.3 Å². The van der Waals surface area contributed by atoms with E-state index in [-0.39, 0.29) is 5.91 Å². The molecule has 1 saturated heterocycles. The first-order valence-corrected chi connectivity index (χ1v) is 8.91. The van der Waals surface area contributed by atoms with Gasteiger partial charge in [0.15, 0.2) is 0 Å². The highest BCUT2D eigenvalue weighted by molar-refractivity contribution is 7.14. The molecule has 0 spiro atoms. The van der Waals surface area contributed by atoms with Crippen molar-refractivity contribution in [3.63, 3.8) is 0 Å². The number of hydrogen-bond donors (Lipinski definition) is 2. The van der Waals surface area contributed by atoms with Crippen LogP contribution in [0.1, 0.15) is 42.5 Å². The number of piperidine rings is 1. The molecule has 120 valence electrons. The van der Waals surface area contributed by atoms with E-state index in [1.165, 1.54) is 43.4 Å². The topological polar surface area (TPSA) is 75.4 Å². The number of rotatable bonds is 4. The van der Waals surface area contributed by atoms with Gasteiger partial charge in [0.05, 0.1) is 12.1 Å². The predicted octanol–water partition coefficient (Wildman–Crippen LogP) is 2.30. The van der Waals surface area contributed by atoms with Crippen molar-refractivity contribution in [3.05, 3.63) is 17.0 Å². The molecule has 1 saturated carbocycles. The first-order valence-electron chi connectivity index (χ1n) is 8.03. The van der Waals surface area contributed by atoms with E-state index < -0.39 is 5.91 Å². The summed E-state index contributed by atoms with van der Waals surface area (Å²) in [5.74, 6) is 1.07. The maximum Gasteiger partial charge on any atom is 0.251 e. The number of carbonyl (C=O) groups excluding carboxylic acids is 2. The van der Waals surface area contributed by atoms with Gasteiger partial charge < -0.3 is 11.1 Å². The largest absolute Gasteiger partial charge is 0.366 e. The zero-order chi connectivity index (χ0) is 15.5. The first kappa shape index (κ1) is 15.5. The smallest absolute Gasteiger partial charge is 0.251 e. The Morgan fingerprint density at radius 3 is 2.82 bits per heavy atom. The Kier molecular flexibility index (Phi) is 4.78. The van der Waals surface area contributed by atoms with Gasteiger partial charge in [-0.05, 0) is 42.7 Å². The first-order chi connectivity index (χ1) is 10.6. The van der Waals surface area contributed by atoms with Gasteiger partial charge in [0, 0.05) is 6.54 Å². The molecular formula is C16H23N3O2S. The molecule has 2 atom stereocenters. The fourth-order valence-corrected chi connectivity index (χ4v) is 4.60. The van der Waals surface area contributed by atoms with Crippen molar-refractivity contribution in [2.24, 2.45) is 17.6 Å². The van der Waals surface area contributed by atoms with E-state index in [0.717, 1.165) is 24.9 Å². The summed E-state index contributed by atoms with van der Waals surface area (Å²) >= 11 is 1.34. The zero-order valence-corrected chi connectivity index (χ0v) is 13.5. The third-order valence-corrected chi connectivity index (χ3v) is 5.76. The molecular weight excluding hydrogens is 298 g/mol. The minimum Gasteiger partial charge on any atom is -0.366 e. The second kappa shape index (κ2) is 6.79. The number of thiophene rings is 1. The van der Waals surface area contributed by atoms with Crippen LogP contribution < -0.4 is 11.1 Å². The van der Waals surface area contributed by atoms with E-state index in [1.54, 1.807) is 11.4 Å². The summed E-state index contributed by atoms with van der Waals surface area (Å²) in [6, 6.07) is 1.65. The van der Waals surface area contributed by atoms with E-state index >= 15 is 0 Å². The molecule has 5 nitrogen and oxygen atoms in total. The lowest BCUT2D eigenvalue weighted by Gasteiger charge is -2.41. The van der Waals surface area contributed by atoms with Crippen LogP contribution in [0.3, 0.4) is 0 Å². The summed E-state index contributed by atoms with van der Waals surface area (Å²) in [6.45, 7) is 2.44. The SMILES string of the molecule is NC(=O)c1ccsc1NC(=O)CN1CC[C@H]2CCCC[C@@H]2C1. The maximum atomic E-state index is 12.2. The molecule has 2 amide bonds. The molecule has 0 radical (unpaired) electrons. The Morgan fingerprint density at radius 1 is 1.27 bits per heavy atom. The quantitative estimate of drug-likeness (QED) is 0.893. The van der Waals surface area contributed by atoms with Gasteiger partial charge in [-0.15, -0.1) is 11.3 Å². The zero-order valence-electron chi connectivity index (χ0n) is 12.7. The summed E-state index contributed by atoms with van der Waals surface area (Å²) in [7, 11) is 0. The number of fused-ring (bicyclic) bond motifs is 1. The Morgan fingerprint density at radius 2 is 2.05 bits per heavy atom. The Labute approximate surface area is 134 Å². The molecule has 1 aromatic rings. The summed E-state index contributed by atoms with van der Waals surface area (Å²) in [5.41, 5.74) is 5.69. The van der Waals surface area contributed by atoms with Gasteiger partial charge in [0.1, 0.15) is 5.00 Å². The number of likely N-dealkylation sites (tertiary alicyclic amines) is 1. The number of primary amides is 1. The Balaban J connectivity index is 1.53. The van der Waals surface area contributed by atoms with Gasteiger partial charge in [0.25, 0.3) is 5.91 Å². The highest BCUT2D eigenvalue weighted by Gasteiger charge is 2.31. The van der Waals surface area contributed by atoms with Crippen LogP contribution in [0.25, 0.3) is 0 Å². The van der Waals surface area contributed by atoms with Crippen LogP contribution in [0.5, 0.6) is 0 Å². The minimum atomic E-state index is -0.500. The van der Waals surface area contributed by atoms with E-state index in [1.807, 2.05) is 0 Å². The van der Waals surface area contributed by atoms with Gasteiger partial charge >= 0.3 is 0 Å². The van der Waals surface area contributed by atoms with Crippen LogP contribution in [0.15, 0.2) is 11.4 Å². The van der Waals surface area contributed by atoms with Gasteiger partial charge in [-0.3, -0.25) is 14.5 Å². The lowest BCUT2D eigenvalue weighted by atomic mass is 9.75. The molecule has 6 heteroatoms. The standard InChI is InChI=1S/C16H23N3O2S/c17-15(21)13-6-8-22-16(13)18-14(20)10-19-7-5-11-3-1-2-4-12(11)9-19/h6,8,11-12H,1-5,7,9-10H2,(H2,17,21)(H,18,20)/t11-,12-/m1/s1. The summed E-state index contributed by atoms with van der Waals surface area (Å²) in [5, 5.41) is 5.16. The highest BCUT2D eigenvalue weighted by atomic mass is 32.1. The molecule has 1 aliphatic heterocycles. The number of amides is 2. The molecule has 2 heterocycles. The number of nitrogens with zero attached hydrogens (tertiary/aromatic N) is 1. The van der Waals surface area contributed by atoms with Gasteiger partial charge in [-0.25, -0.2) is 0 Å². The number of nitrogens with one attached hydrogen (secondary N) is 1. The lowest BCUT2D eigenvalue weighted by Crippen LogP contribution is -2.44. The number of hydrogen-bond acceptors (Lipinski definition) is 4. The number of carbonyl (C=O) groups is 2. The molecule has 0 bridgehead atoms. The highest BCUT2D eigenvalue weighted by Crippen LogP contribution is 2.35. The van der Waals surface area contributed by atoms with Crippen molar-refractivity contribution in [1.29, 1.82) is 0 Å². The molecule has 0 aromatic carbocycles. The molecule has 3 N–H and O–H groups in total. The molecule has 1 aliphatic carbocycles. The molecule has 0 unspecified atom stereocenters. The van der Waals surface area contributed by atoms with Gasteiger partial charge in [-0.2, -0.15) is 0 Å². The maximum absolute atomic E-state index is 12.2. The van der Waals surface area contributed by atoms with E-state index in [4.69, 9.17) is 5.73 Å². The number of nitrogens with two attached hydrogens (primary N) is 1. The van der Waals surface area contributed by atoms with Crippen molar-refractivity contribution in [3.8, 4) is 0 Å². The van der Waals surface area contributed by atoms with Crippen LogP contribution in [0.2, 0.25) is 0 Å². The monoisotopic (exact) mass is 321 g/mol. The van der Waals surface area contributed by atoms with Crippen LogP contribution in [0, 0.1) is 11.8 Å². The second-order valence-corrected chi connectivity index (χ2v) is 7.32. The van der Waals surface area contributed by atoms with E-state index in [0.29, 0.717) is 17.1 Å². The third kappa shape index (κ3) is 3.50. The van der Waals surface area contributed by atoms with E-state index in [2.05, 4.69) is 10.2 Å². The van der Waals surface area contributed by atoms with Crippen molar-refractivity contribution in [1.82, 2.24) is 4.90 Å². The average molecular weight is 321 g/mol. The third-order valence-electron chi connectivity index (χ3n) is 4.93. The Bertz CT molecular complexity index is 557. The van der Waals surface area contributed by atoms with E-state index in [9.17, 15) is 9.59 Å². The van der Waals surface area contributed by atoms with Crippen molar-refractivity contribution < 1.29 is 9.59 Å². The molecule has 3 rings (SSSR count). The molecule has 2 fully saturated rings. The van der Waals surface area contributed by atoms with Crippen LogP contribution >= 0.6 is 11.3 Å². The van der Waals surface area contributed by atoms with Crippen LogP contribution in [-0.2, 0) is 4.79 Å². The molecule has 1 aromatic heterocycles. The fourth-order valence-electron chi connectivity index (χ4n) is 3.79. The molecule has 22 heavy (non-hydrogen) atoms. The molecule has 2 aliphatic rings. The minimum absolute atomic E-state index is 0.0563. The summed E-state index contributed by atoms with van der Waals surface area (Å²) < 4.78 is 0. The average Bonchev–Trinajstić information content (AvgIpc) is 2.95. The van der Waals surface area contributed by atoms with Crippen molar-refractivity contribution >= 4 is 28.2 Å². The van der Waals surface area contributed by atoms with Crippen LogP contribution in [-0.4, -0.2) is 36.3 Å².